The fourth-order valence-corrected chi connectivity index (χ4v) is 0.792. The number of hydrogen-bond donors (Lipinski definition) is 1. The topological polar surface area (TPSA) is 62.0 Å². The summed E-state index contributed by atoms with van der Waals surface area (Å²) < 4.78 is 0. The van der Waals surface area contributed by atoms with Crippen molar-refractivity contribution in [3.8, 4) is 5.75 Å². The van der Waals surface area contributed by atoms with E-state index in [2.05, 4.69) is 10.2 Å². The summed E-state index contributed by atoms with van der Waals surface area (Å²) >= 11 is 0. The number of aryl methyl sites for hydroxylation is 1. The fraction of sp³-hybridized carbons (Fsp3) is 0.125. The van der Waals surface area contributed by atoms with Gasteiger partial charge in [-0.15, -0.1) is 10.2 Å². The van der Waals surface area contributed by atoms with Crippen LogP contribution in [0.25, 0.3) is 0 Å². The minimum Gasteiger partial charge on any atom is -0.508 e. The van der Waals surface area contributed by atoms with Crippen molar-refractivity contribution in [3.05, 3.63) is 23.8 Å². The van der Waals surface area contributed by atoms with Crippen LogP contribution < -0.4 is 0 Å². The lowest BCUT2D eigenvalue weighted by Gasteiger charge is -1.97. The molecule has 0 bridgehead atoms. The number of aromatic hydroxyl groups is 1. The second kappa shape index (κ2) is 3.61. The molecule has 1 amide bonds. The summed E-state index contributed by atoms with van der Waals surface area (Å²) in [7, 11) is 0. The fourth-order valence-electron chi connectivity index (χ4n) is 0.792. The van der Waals surface area contributed by atoms with Crippen molar-refractivity contribution in [2.45, 2.75) is 6.92 Å². The summed E-state index contributed by atoms with van der Waals surface area (Å²) in [6.45, 7) is 1.75. The summed E-state index contributed by atoms with van der Waals surface area (Å²) in [5, 5.41) is 15.9. The van der Waals surface area contributed by atoms with Crippen LogP contribution >= 0.6 is 0 Å². The smallest absolute Gasteiger partial charge is 0.252 e. The van der Waals surface area contributed by atoms with Gasteiger partial charge in [-0.1, -0.05) is 0 Å². The third-order valence-corrected chi connectivity index (χ3v) is 1.40. The van der Waals surface area contributed by atoms with Gasteiger partial charge in [0.15, 0.2) is 0 Å². The van der Waals surface area contributed by atoms with Crippen LogP contribution in [0.4, 0.5) is 5.69 Å². The zero-order valence-electron chi connectivity index (χ0n) is 6.56. The molecule has 0 aliphatic carbocycles. The Morgan fingerprint density at radius 3 is 2.83 bits per heavy atom. The highest BCUT2D eigenvalue weighted by atomic mass is 16.3. The maximum Gasteiger partial charge on any atom is 0.252 e. The van der Waals surface area contributed by atoms with E-state index in [1.807, 2.05) is 0 Å². The average molecular weight is 164 g/mol. The van der Waals surface area contributed by atoms with Crippen LogP contribution in [-0.4, -0.2) is 11.5 Å². The van der Waals surface area contributed by atoms with Gasteiger partial charge in [-0.3, -0.25) is 4.79 Å². The van der Waals surface area contributed by atoms with E-state index in [0.717, 1.165) is 0 Å². The van der Waals surface area contributed by atoms with Crippen molar-refractivity contribution < 1.29 is 9.90 Å². The summed E-state index contributed by atoms with van der Waals surface area (Å²) in [6, 6.07) is 4.73. The Bertz CT molecular complexity index is 321. The largest absolute Gasteiger partial charge is 0.508 e. The molecular formula is C8H8N2O2. The van der Waals surface area contributed by atoms with Gasteiger partial charge in [0, 0.05) is 0 Å². The Balaban J connectivity index is 2.96. The van der Waals surface area contributed by atoms with E-state index in [9.17, 15) is 4.79 Å². The van der Waals surface area contributed by atoms with Crippen LogP contribution in [0.3, 0.4) is 0 Å². The number of carbonyl (C=O) groups is 1. The van der Waals surface area contributed by atoms with Gasteiger partial charge in [0.1, 0.15) is 5.75 Å². The van der Waals surface area contributed by atoms with E-state index >= 15 is 0 Å². The van der Waals surface area contributed by atoms with Crippen molar-refractivity contribution in [3.63, 3.8) is 0 Å². The first-order valence-corrected chi connectivity index (χ1v) is 3.38. The molecule has 0 atom stereocenters. The minimum atomic E-state index is 0.208. The monoisotopic (exact) mass is 164 g/mol. The van der Waals surface area contributed by atoms with Gasteiger partial charge in [0.25, 0.3) is 6.41 Å². The molecule has 0 saturated heterocycles. The highest BCUT2D eigenvalue weighted by Crippen LogP contribution is 2.21. The lowest BCUT2D eigenvalue weighted by molar-refractivity contribution is -0.107. The first kappa shape index (κ1) is 8.39. The number of benzene rings is 1. The maximum atomic E-state index is 9.82. The quantitative estimate of drug-likeness (QED) is 0.536. The molecule has 0 fully saturated rings. The normalized spacial score (nSPS) is 10.4. The molecule has 0 radical (unpaired) electrons. The molecule has 1 aromatic rings. The van der Waals surface area contributed by atoms with Crippen LogP contribution in [0.5, 0.6) is 5.75 Å². The van der Waals surface area contributed by atoms with E-state index in [0.29, 0.717) is 17.7 Å². The van der Waals surface area contributed by atoms with Crippen molar-refractivity contribution >= 4 is 12.1 Å². The van der Waals surface area contributed by atoms with Crippen molar-refractivity contribution in [1.82, 2.24) is 0 Å². The van der Waals surface area contributed by atoms with Crippen LogP contribution in [0.2, 0.25) is 0 Å². The Labute approximate surface area is 69.6 Å². The summed E-state index contributed by atoms with van der Waals surface area (Å²) in [5.41, 5.74) is 1.26. The molecule has 0 spiro atoms. The van der Waals surface area contributed by atoms with Crippen molar-refractivity contribution in [1.29, 1.82) is 0 Å². The molecule has 4 nitrogen and oxygen atoms in total. The number of hydrogen-bond acceptors (Lipinski definition) is 3. The molecule has 1 rings (SSSR count). The number of amides is 1. The van der Waals surface area contributed by atoms with E-state index in [4.69, 9.17) is 5.11 Å². The van der Waals surface area contributed by atoms with Gasteiger partial charge in [-0.05, 0) is 30.7 Å². The number of phenolic OH excluding ortho intramolecular Hbond substituents is 1. The van der Waals surface area contributed by atoms with Gasteiger partial charge in [0.05, 0.1) is 5.69 Å². The first-order valence-electron chi connectivity index (χ1n) is 3.38. The highest BCUT2D eigenvalue weighted by molar-refractivity contribution is 5.50. The van der Waals surface area contributed by atoms with Crippen molar-refractivity contribution in [2.24, 2.45) is 10.2 Å². The van der Waals surface area contributed by atoms with Crippen LogP contribution in [0, 0.1) is 6.92 Å². The summed E-state index contributed by atoms with van der Waals surface area (Å²) in [4.78, 5) is 9.82. The zero-order valence-corrected chi connectivity index (χ0v) is 6.56. The number of azo groups is 1. The zero-order chi connectivity index (χ0) is 8.97. The molecule has 12 heavy (non-hydrogen) atoms. The molecule has 0 aliphatic heterocycles. The Hall–Kier alpha value is -1.71. The number of phenols is 1. The molecular weight excluding hydrogens is 156 g/mol. The van der Waals surface area contributed by atoms with E-state index in [1.165, 1.54) is 6.07 Å². The van der Waals surface area contributed by atoms with E-state index in [-0.39, 0.29) is 5.75 Å². The molecule has 0 aromatic heterocycles. The second-order valence-electron chi connectivity index (χ2n) is 2.29. The standard InChI is InChI=1S/C8H8N2O2/c1-6-4-7(10-9-5-11)2-3-8(6)12/h2-5,12H,1H3. The van der Waals surface area contributed by atoms with E-state index < -0.39 is 0 Å². The Morgan fingerprint density at radius 2 is 2.25 bits per heavy atom. The molecule has 0 unspecified atom stereocenters. The summed E-state index contributed by atoms with van der Waals surface area (Å²) in [6.07, 6.45) is 0.363. The van der Waals surface area contributed by atoms with Gasteiger partial charge in [-0.2, -0.15) is 0 Å². The van der Waals surface area contributed by atoms with E-state index in [1.54, 1.807) is 19.1 Å². The predicted octanol–water partition coefficient (Wildman–Crippen LogP) is 1.94. The third-order valence-electron chi connectivity index (χ3n) is 1.40. The molecule has 0 saturated carbocycles. The molecule has 62 valence electrons. The Kier molecular flexibility index (Phi) is 2.53. The molecule has 0 aliphatic rings. The van der Waals surface area contributed by atoms with Crippen LogP contribution in [0.1, 0.15) is 5.56 Å². The van der Waals surface area contributed by atoms with Crippen LogP contribution in [-0.2, 0) is 4.79 Å². The highest BCUT2D eigenvalue weighted by Gasteiger charge is 1.95. The summed E-state index contributed by atoms with van der Waals surface area (Å²) in [5.74, 6) is 0.208. The van der Waals surface area contributed by atoms with Crippen LogP contribution in [0.15, 0.2) is 28.4 Å². The van der Waals surface area contributed by atoms with Gasteiger partial charge in [-0.25, -0.2) is 0 Å². The average Bonchev–Trinajstić information content (AvgIpc) is 2.07. The molecule has 0 heterocycles. The molecule has 4 heteroatoms. The first-order chi connectivity index (χ1) is 5.74. The van der Waals surface area contributed by atoms with Gasteiger partial charge in [0.2, 0.25) is 0 Å². The maximum absolute atomic E-state index is 9.82. The predicted molar refractivity (Wildman–Crippen MR) is 43.4 cm³/mol. The van der Waals surface area contributed by atoms with Gasteiger partial charge >= 0.3 is 0 Å². The minimum absolute atomic E-state index is 0.208. The van der Waals surface area contributed by atoms with Crippen molar-refractivity contribution in [2.75, 3.05) is 0 Å². The third kappa shape index (κ3) is 1.88. The lowest BCUT2D eigenvalue weighted by atomic mass is 10.2. The molecule has 1 aromatic carbocycles. The lowest BCUT2D eigenvalue weighted by Crippen LogP contribution is -1.72. The molecule has 1 N–H and O–H groups in total. The van der Waals surface area contributed by atoms with Gasteiger partial charge < -0.3 is 5.11 Å². The number of carbonyl (C=O) groups excluding carboxylic acids is 1. The SMILES string of the molecule is Cc1cc(N=NC=O)ccc1O. The number of nitrogens with zero attached hydrogens (tertiary/aromatic N) is 2. The number of rotatable bonds is 2. The Morgan fingerprint density at radius 1 is 1.50 bits per heavy atom. The second-order valence-corrected chi connectivity index (χ2v) is 2.29.